The van der Waals surface area contributed by atoms with Crippen LogP contribution in [-0.4, -0.2) is 43.0 Å². The van der Waals surface area contributed by atoms with E-state index in [1.807, 2.05) is 53.2 Å². The SMILES string of the molecule is COc1ccccc1C1CCCN1Cc1cc(-c2ccc(-c3cccc(S(C)(=O)=O)c3)s2)n(-c2ccccc2Cl)n1. The van der Waals surface area contributed by atoms with E-state index < -0.39 is 9.84 Å². The summed E-state index contributed by atoms with van der Waals surface area (Å²) in [5.74, 6) is 0.915. The molecule has 0 aliphatic carbocycles. The van der Waals surface area contributed by atoms with E-state index in [1.54, 1.807) is 36.6 Å². The Labute approximate surface area is 249 Å². The molecule has 0 amide bonds. The van der Waals surface area contributed by atoms with Crippen LogP contribution < -0.4 is 4.74 Å². The van der Waals surface area contributed by atoms with Crippen molar-refractivity contribution in [3.63, 3.8) is 0 Å². The number of aromatic nitrogens is 2. The molecule has 1 atom stereocenters. The Balaban J connectivity index is 1.37. The van der Waals surface area contributed by atoms with Crippen LogP contribution in [0.4, 0.5) is 0 Å². The summed E-state index contributed by atoms with van der Waals surface area (Å²) in [4.78, 5) is 4.78. The largest absolute Gasteiger partial charge is 0.496 e. The lowest BCUT2D eigenvalue weighted by Gasteiger charge is -2.25. The summed E-state index contributed by atoms with van der Waals surface area (Å²) in [6.45, 7) is 1.68. The minimum absolute atomic E-state index is 0.260. The lowest BCUT2D eigenvalue weighted by Crippen LogP contribution is -2.23. The quantitative estimate of drug-likeness (QED) is 0.182. The zero-order valence-electron chi connectivity index (χ0n) is 22.8. The summed E-state index contributed by atoms with van der Waals surface area (Å²) < 4.78 is 31.9. The van der Waals surface area contributed by atoms with Gasteiger partial charge in [-0.15, -0.1) is 11.3 Å². The molecule has 2 aromatic heterocycles. The van der Waals surface area contributed by atoms with Crippen LogP contribution in [0.2, 0.25) is 5.02 Å². The number of nitrogens with zero attached hydrogens (tertiary/aromatic N) is 3. The van der Waals surface area contributed by atoms with Crippen molar-refractivity contribution in [2.75, 3.05) is 19.9 Å². The fraction of sp³-hybridized carbons (Fsp3) is 0.219. The van der Waals surface area contributed by atoms with Crippen LogP contribution in [0, 0.1) is 0 Å². The average molecular weight is 604 g/mol. The number of benzene rings is 3. The van der Waals surface area contributed by atoms with Crippen molar-refractivity contribution < 1.29 is 13.2 Å². The molecule has 9 heteroatoms. The van der Waals surface area contributed by atoms with Crippen LogP contribution in [-0.2, 0) is 16.4 Å². The van der Waals surface area contributed by atoms with Gasteiger partial charge in [0.25, 0.3) is 0 Å². The molecular weight excluding hydrogens is 574 g/mol. The van der Waals surface area contributed by atoms with Crippen LogP contribution in [0.3, 0.4) is 0 Å². The van der Waals surface area contributed by atoms with Crippen LogP contribution in [0.1, 0.15) is 30.1 Å². The molecule has 41 heavy (non-hydrogen) atoms. The maximum absolute atomic E-state index is 12.1. The molecule has 6 nitrogen and oxygen atoms in total. The van der Waals surface area contributed by atoms with Crippen molar-refractivity contribution in [1.82, 2.24) is 14.7 Å². The lowest BCUT2D eigenvalue weighted by atomic mass is 10.0. The van der Waals surface area contributed by atoms with Crippen molar-refractivity contribution in [3.05, 3.63) is 107 Å². The summed E-state index contributed by atoms with van der Waals surface area (Å²) >= 11 is 8.26. The van der Waals surface area contributed by atoms with Gasteiger partial charge < -0.3 is 4.74 Å². The molecule has 1 fully saturated rings. The topological polar surface area (TPSA) is 64.4 Å². The summed E-state index contributed by atoms with van der Waals surface area (Å²) in [5.41, 5.74) is 4.78. The van der Waals surface area contributed by atoms with Crippen LogP contribution in [0.5, 0.6) is 5.75 Å². The first-order valence-corrected chi connectivity index (χ1v) is 16.5. The number of rotatable bonds is 8. The van der Waals surface area contributed by atoms with Gasteiger partial charge in [-0.2, -0.15) is 5.10 Å². The van der Waals surface area contributed by atoms with E-state index >= 15 is 0 Å². The Hall–Kier alpha value is -3.43. The van der Waals surface area contributed by atoms with E-state index in [2.05, 4.69) is 29.2 Å². The van der Waals surface area contributed by atoms with Gasteiger partial charge in [0.2, 0.25) is 0 Å². The molecule has 210 valence electrons. The molecule has 1 aliphatic rings. The summed E-state index contributed by atoms with van der Waals surface area (Å²) in [5, 5.41) is 5.69. The van der Waals surface area contributed by atoms with Gasteiger partial charge in [-0.3, -0.25) is 4.90 Å². The first-order chi connectivity index (χ1) is 19.8. The molecular formula is C32H30ClN3O3S2. The van der Waals surface area contributed by atoms with Crippen molar-refractivity contribution >= 4 is 32.8 Å². The van der Waals surface area contributed by atoms with Gasteiger partial charge in [0.1, 0.15) is 5.75 Å². The number of methoxy groups -OCH3 is 1. The predicted molar refractivity (Wildman–Crippen MR) is 166 cm³/mol. The molecule has 0 saturated carbocycles. The molecule has 0 N–H and O–H groups in total. The monoisotopic (exact) mass is 603 g/mol. The van der Waals surface area contributed by atoms with E-state index in [0.717, 1.165) is 57.5 Å². The smallest absolute Gasteiger partial charge is 0.175 e. The Morgan fingerprint density at radius 1 is 0.976 bits per heavy atom. The molecule has 0 bridgehead atoms. The molecule has 0 spiro atoms. The number of likely N-dealkylation sites (tertiary alicyclic amines) is 1. The van der Waals surface area contributed by atoms with Crippen molar-refractivity contribution in [3.8, 4) is 32.4 Å². The van der Waals surface area contributed by atoms with E-state index in [-0.39, 0.29) is 6.04 Å². The zero-order valence-corrected chi connectivity index (χ0v) is 25.2. The summed E-state index contributed by atoms with van der Waals surface area (Å²) in [6, 6.07) is 29.5. The van der Waals surface area contributed by atoms with Crippen LogP contribution in [0.25, 0.3) is 26.7 Å². The van der Waals surface area contributed by atoms with Crippen molar-refractivity contribution in [2.45, 2.75) is 30.3 Å². The molecule has 1 unspecified atom stereocenters. The van der Waals surface area contributed by atoms with Gasteiger partial charge in [-0.1, -0.05) is 54.1 Å². The molecule has 0 radical (unpaired) electrons. The third kappa shape index (κ3) is 5.70. The number of ether oxygens (including phenoxy) is 1. The van der Waals surface area contributed by atoms with Gasteiger partial charge in [0.05, 0.1) is 39.0 Å². The first-order valence-electron chi connectivity index (χ1n) is 13.4. The Kier molecular flexibility index (Phi) is 7.74. The van der Waals surface area contributed by atoms with Crippen LogP contribution in [0.15, 0.2) is 95.9 Å². The van der Waals surface area contributed by atoms with Gasteiger partial charge >= 0.3 is 0 Å². The zero-order chi connectivity index (χ0) is 28.6. The van der Waals surface area contributed by atoms with Gasteiger partial charge in [0, 0.05) is 29.3 Å². The van der Waals surface area contributed by atoms with Crippen LogP contribution >= 0.6 is 22.9 Å². The molecule has 6 rings (SSSR count). The number of halogens is 1. The van der Waals surface area contributed by atoms with E-state index in [1.165, 1.54) is 11.8 Å². The second-order valence-corrected chi connectivity index (χ2v) is 13.7. The number of sulfone groups is 1. The maximum atomic E-state index is 12.1. The minimum atomic E-state index is -3.30. The van der Waals surface area contributed by atoms with Gasteiger partial charge in [-0.25, -0.2) is 13.1 Å². The normalized spacial score (nSPS) is 15.8. The molecule has 1 saturated heterocycles. The number of para-hydroxylation sites is 2. The van der Waals surface area contributed by atoms with E-state index in [0.29, 0.717) is 16.5 Å². The number of thiophene rings is 1. The molecule has 1 aliphatic heterocycles. The summed E-state index contributed by atoms with van der Waals surface area (Å²) in [6.07, 6.45) is 3.41. The summed E-state index contributed by atoms with van der Waals surface area (Å²) in [7, 11) is -1.58. The average Bonchev–Trinajstić information content (AvgIpc) is 3.73. The highest BCUT2D eigenvalue weighted by Crippen LogP contribution is 2.40. The van der Waals surface area contributed by atoms with E-state index in [9.17, 15) is 8.42 Å². The number of hydrogen-bond acceptors (Lipinski definition) is 6. The lowest BCUT2D eigenvalue weighted by molar-refractivity contribution is 0.240. The fourth-order valence-corrected chi connectivity index (χ4v) is 7.40. The van der Waals surface area contributed by atoms with Crippen molar-refractivity contribution in [2.24, 2.45) is 0 Å². The maximum Gasteiger partial charge on any atom is 0.175 e. The third-order valence-electron chi connectivity index (χ3n) is 7.47. The van der Waals surface area contributed by atoms with Gasteiger partial charge in [0.15, 0.2) is 9.84 Å². The first kappa shape index (κ1) is 27.7. The molecule has 3 aromatic carbocycles. The van der Waals surface area contributed by atoms with E-state index in [4.69, 9.17) is 21.4 Å². The second kappa shape index (κ2) is 11.4. The Morgan fingerprint density at radius 3 is 2.56 bits per heavy atom. The second-order valence-electron chi connectivity index (χ2n) is 10.2. The molecule has 3 heterocycles. The highest BCUT2D eigenvalue weighted by Gasteiger charge is 2.29. The highest BCUT2D eigenvalue weighted by molar-refractivity contribution is 7.90. The van der Waals surface area contributed by atoms with Crippen molar-refractivity contribution in [1.29, 1.82) is 0 Å². The Morgan fingerprint density at radius 2 is 1.76 bits per heavy atom. The minimum Gasteiger partial charge on any atom is -0.496 e. The predicted octanol–water partition coefficient (Wildman–Crippen LogP) is 7.67. The highest BCUT2D eigenvalue weighted by atomic mass is 35.5. The number of hydrogen-bond donors (Lipinski definition) is 0. The Bertz CT molecular complexity index is 1810. The fourth-order valence-electron chi connectivity index (χ4n) is 5.52. The third-order valence-corrected chi connectivity index (χ3v) is 10.1. The molecule has 5 aromatic rings. The standard InChI is InChI=1S/C32H30ClN3O3S2/c1-39-30-15-6-3-11-25(30)27-14-8-18-35(27)21-23-20-29(36(34-23)28-13-5-4-12-26(28)33)32-17-16-31(40-32)22-9-7-10-24(19-22)41(2,37)38/h3-7,9-13,15-17,19-20,27H,8,14,18,21H2,1-2H3. The van der Waals surface area contributed by atoms with Gasteiger partial charge in [-0.05, 0) is 73.5 Å².